The van der Waals surface area contributed by atoms with Crippen LogP contribution in [-0.2, 0) is 16.0 Å². The first-order chi connectivity index (χ1) is 17.5. The van der Waals surface area contributed by atoms with Crippen molar-refractivity contribution in [3.63, 3.8) is 0 Å². The summed E-state index contributed by atoms with van der Waals surface area (Å²) in [6.07, 6.45) is 7.55. The minimum atomic E-state index is -0.764. The lowest BCUT2D eigenvalue weighted by Gasteiger charge is -2.41. The van der Waals surface area contributed by atoms with Crippen LogP contribution in [0.5, 0.6) is 11.5 Å². The van der Waals surface area contributed by atoms with Crippen molar-refractivity contribution in [3.05, 3.63) is 59.2 Å². The van der Waals surface area contributed by atoms with Crippen LogP contribution in [0, 0.1) is 5.92 Å². The van der Waals surface area contributed by atoms with E-state index in [4.69, 9.17) is 9.47 Å². The molecule has 0 spiro atoms. The number of hydrogen-bond donors (Lipinski definition) is 1. The van der Waals surface area contributed by atoms with Crippen molar-refractivity contribution < 1.29 is 19.1 Å². The number of nitrogens with zero attached hydrogens (tertiary/aromatic N) is 1. The topological polar surface area (TPSA) is 67.9 Å². The maximum atomic E-state index is 14.3. The molecule has 3 atom stereocenters. The van der Waals surface area contributed by atoms with E-state index in [0.717, 1.165) is 56.1 Å². The Balaban J connectivity index is 1.64. The van der Waals surface area contributed by atoms with Crippen LogP contribution in [0.15, 0.2) is 42.5 Å². The number of carbonyl (C=O) groups is 2. The summed E-state index contributed by atoms with van der Waals surface area (Å²) in [7, 11) is 1.61. The normalized spacial score (nSPS) is 24.4. The molecule has 1 heterocycles. The third kappa shape index (κ3) is 4.70. The second-order valence-corrected chi connectivity index (χ2v) is 10.8. The average molecular weight is 491 g/mol. The van der Waals surface area contributed by atoms with Crippen LogP contribution >= 0.6 is 0 Å². The van der Waals surface area contributed by atoms with Gasteiger partial charge in [-0.2, -0.15) is 0 Å². The van der Waals surface area contributed by atoms with E-state index in [2.05, 4.69) is 23.5 Å². The zero-order chi connectivity index (χ0) is 25.2. The highest BCUT2D eigenvalue weighted by molar-refractivity contribution is 5.92. The molecular formula is C30H38N2O4. The van der Waals surface area contributed by atoms with Crippen molar-refractivity contribution in [2.75, 3.05) is 7.11 Å². The average Bonchev–Trinajstić information content (AvgIpc) is 3.02. The minimum Gasteiger partial charge on any atom is -0.497 e. The standard InChI is InChI=1S/C30H38N2O4/c1-19(2)28-30(34)32(25-15-9-11-20-10-7-8-14-23(20)25)27(29(33)31-21-12-5-4-6-13-21)24-17-16-22(35-3)18-26(24)36-28/h7-8,10,14,16-19,21,25,27-28H,4-6,9,11-13,15H2,1-3H3,(H,31,33). The fraction of sp³-hybridized carbons (Fsp3) is 0.533. The Morgan fingerprint density at radius 2 is 1.81 bits per heavy atom. The monoisotopic (exact) mass is 490 g/mol. The van der Waals surface area contributed by atoms with E-state index in [1.807, 2.05) is 43.0 Å². The number of benzene rings is 2. The number of methoxy groups -OCH3 is 1. The van der Waals surface area contributed by atoms with Crippen molar-refractivity contribution in [1.82, 2.24) is 10.2 Å². The molecule has 1 aliphatic heterocycles. The summed E-state index contributed by atoms with van der Waals surface area (Å²) >= 11 is 0. The summed E-state index contributed by atoms with van der Waals surface area (Å²) in [5, 5.41) is 3.32. The van der Waals surface area contributed by atoms with Crippen molar-refractivity contribution in [2.24, 2.45) is 5.92 Å². The van der Waals surface area contributed by atoms with Gasteiger partial charge in [-0.3, -0.25) is 9.59 Å². The van der Waals surface area contributed by atoms with Crippen molar-refractivity contribution in [1.29, 1.82) is 0 Å². The molecule has 6 heteroatoms. The maximum absolute atomic E-state index is 14.3. The van der Waals surface area contributed by atoms with E-state index in [0.29, 0.717) is 11.5 Å². The summed E-state index contributed by atoms with van der Waals surface area (Å²) in [4.78, 5) is 30.3. The lowest BCUT2D eigenvalue weighted by molar-refractivity contribution is -0.150. The van der Waals surface area contributed by atoms with Crippen LogP contribution in [0.25, 0.3) is 0 Å². The molecule has 192 valence electrons. The number of fused-ring (bicyclic) bond motifs is 2. The molecule has 0 aromatic heterocycles. The maximum Gasteiger partial charge on any atom is 0.265 e. The SMILES string of the molecule is COc1ccc2c(c1)OC(C(C)C)C(=O)N(C1CCCc3ccccc31)C2C(=O)NC1CCCCC1. The Kier molecular flexibility index (Phi) is 7.22. The second-order valence-electron chi connectivity index (χ2n) is 10.8. The quantitative estimate of drug-likeness (QED) is 0.600. The Morgan fingerprint density at radius 1 is 1.03 bits per heavy atom. The van der Waals surface area contributed by atoms with Gasteiger partial charge in [0, 0.05) is 17.7 Å². The highest BCUT2D eigenvalue weighted by Crippen LogP contribution is 2.45. The smallest absolute Gasteiger partial charge is 0.265 e. The fourth-order valence-corrected chi connectivity index (χ4v) is 6.15. The van der Waals surface area contributed by atoms with E-state index < -0.39 is 12.1 Å². The van der Waals surface area contributed by atoms with Crippen LogP contribution in [0.1, 0.15) is 87.6 Å². The lowest BCUT2D eigenvalue weighted by atomic mass is 9.85. The Labute approximate surface area is 214 Å². The molecule has 5 rings (SSSR count). The van der Waals surface area contributed by atoms with Gasteiger partial charge in [-0.05, 0) is 61.3 Å². The first-order valence-electron chi connectivity index (χ1n) is 13.5. The molecule has 2 amide bonds. The van der Waals surface area contributed by atoms with Crippen LogP contribution in [0.3, 0.4) is 0 Å². The van der Waals surface area contributed by atoms with E-state index in [1.165, 1.54) is 12.0 Å². The molecule has 0 saturated heterocycles. The Hall–Kier alpha value is -3.02. The zero-order valence-corrected chi connectivity index (χ0v) is 21.7. The van der Waals surface area contributed by atoms with Gasteiger partial charge in [0.25, 0.3) is 5.91 Å². The summed E-state index contributed by atoms with van der Waals surface area (Å²) in [5.41, 5.74) is 3.13. The minimum absolute atomic E-state index is 0.0574. The number of ether oxygens (including phenoxy) is 2. The van der Waals surface area contributed by atoms with Crippen molar-refractivity contribution in [3.8, 4) is 11.5 Å². The van der Waals surface area contributed by atoms with Gasteiger partial charge in [0.05, 0.1) is 13.2 Å². The lowest BCUT2D eigenvalue weighted by Crippen LogP contribution is -2.51. The van der Waals surface area contributed by atoms with Gasteiger partial charge < -0.3 is 19.7 Å². The third-order valence-corrected chi connectivity index (χ3v) is 8.02. The molecule has 2 aromatic carbocycles. The van der Waals surface area contributed by atoms with Gasteiger partial charge in [0.1, 0.15) is 17.5 Å². The molecule has 1 fully saturated rings. The highest BCUT2D eigenvalue weighted by atomic mass is 16.5. The molecule has 6 nitrogen and oxygen atoms in total. The Morgan fingerprint density at radius 3 is 2.56 bits per heavy atom. The highest BCUT2D eigenvalue weighted by Gasteiger charge is 2.46. The molecule has 2 aliphatic carbocycles. The van der Waals surface area contributed by atoms with Gasteiger partial charge in [-0.15, -0.1) is 0 Å². The van der Waals surface area contributed by atoms with Crippen LogP contribution < -0.4 is 14.8 Å². The molecule has 1 saturated carbocycles. The van der Waals surface area contributed by atoms with Crippen molar-refractivity contribution >= 4 is 11.8 Å². The number of aryl methyl sites for hydroxylation is 1. The molecule has 0 radical (unpaired) electrons. The molecule has 1 N–H and O–H groups in total. The van der Waals surface area contributed by atoms with Gasteiger partial charge in [0.2, 0.25) is 5.91 Å². The molecule has 0 bridgehead atoms. The number of rotatable bonds is 5. The van der Waals surface area contributed by atoms with Crippen LogP contribution in [-0.4, -0.2) is 36.0 Å². The Bertz CT molecular complexity index is 1110. The largest absolute Gasteiger partial charge is 0.497 e. The summed E-state index contributed by atoms with van der Waals surface area (Å²) < 4.78 is 11.9. The number of amides is 2. The summed E-state index contributed by atoms with van der Waals surface area (Å²) in [6.45, 7) is 4.00. The second kappa shape index (κ2) is 10.5. The predicted molar refractivity (Wildman–Crippen MR) is 139 cm³/mol. The number of hydrogen-bond acceptors (Lipinski definition) is 4. The van der Waals surface area contributed by atoms with Gasteiger partial charge in [-0.1, -0.05) is 57.4 Å². The van der Waals surface area contributed by atoms with Gasteiger partial charge in [0.15, 0.2) is 6.10 Å². The molecule has 2 aromatic rings. The van der Waals surface area contributed by atoms with Crippen molar-refractivity contribution in [2.45, 2.75) is 89.4 Å². The molecule has 36 heavy (non-hydrogen) atoms. The predicted octanol–water partition coefficient (Wildman–Crippen LogP) is 5.51. The van der Waals surface area contributed by atoms with E-state index in [9.17, 15) is 9.59 Å². The van der Waals surface area contributed by atoms with E-state index in [-0.39, 0.29) is 29.8 Å². The summed E-state index contributed by atoms with van der Waals surface area (Å²) in [5.74, 6) is 0.907. The van der Waals surface area contributed by atoms with E-state index >= 15 is 0 Å². The molecule has 3 unspecified atom stereocenters. The zero-order valence-electron chi connectivity index (χ0n) is 21.7. The van der Waals surface area contributed by atoms with Crippen LogP contribution in [0.4, 0.5) is 0 Å². The van der Waals surface area contributed by atoms with Gasteiger partial charge >= 0.3 is 0 Å². The summed E-state index contributed by atoms with van der Waals surface area (Å²) in [6, 6.07) is 13.1. The number of carbonyl (C=O) groups excluding carboxylic acids is 2. The first kappa shape index (κ1) is 24.7. The van der Waals surface area contributed by atoms with Crippen LogP contribution in [0.2, 0.25) is 0 Å². The molecule has 3 aliphatic rings. The fourth-order valence-electron chi connectivity index (χ4n) is 6.15. The van der Waals surface area contributed by atoms with E-state index in [1.54, 1.807) is 7.11 Å². The first-order valence-corrected chi connectivity index (χ1v) is 13.5. The molecular weight excluding hydrogens is 452 g/mol. The number of nitrogens with one attached hydrogen (secondary N) is 1. The van der Waals surface area contributed by atoms with Gasteiger partial charge in [-0.25, -0.2) is 0 Å². The third-order valence-electron chi connectivity index (χ3n) is 8.02.